The van der Waals surface area contributed by atoms with Gasteiger partial charge in [-0.05, 0) is 27.0 Å². The highest BCUT2D eigenvalue weighted by molar-refractivity contribution is 7.98. The van der Waals surface area contributed by atoms with E-state index < -0.39 is 0 Å². The minimum atomic E-state index is -0.338. The highest BCUT2D eigenvalue weighted by Crippen LogP contribution is 2.21. The van der Waals surface area contributed by atoms with Crippen LogP contribution in [0.15, 0.2) is 0 Å². The van der Waals surface area contributed by atoms with Crippen molar-refractivity contribution in [1.82, 2.24) is 0 Å². The van der Waals surface area contributed by atoms with Gasteiger partial charge < -0.3 is 4.74 Å². The van der Waals surface area contributed by atoms with Gasteiger partial charge in [0.25, 0.3) is 0 Å². The normalized spacial score (nSPS) is 11.3. The van der Waals surface area contributed by atoms with Crippen molar-refractivity contribution in [3.8, 4) is 0 Å². The highest BCUT2D eigenvalue weighted by Gasteiger charge is 2.28. The minimum Gasteiger partial charge on any atom is -0.466 e. The van der Waals surface area contributed by atoms with Gasteiger partial charge in [0.15, 0.2) is 0 Å². The molecule has 66 valence electrons. The summed E-state index contributed by atoms with van der Waals surface area (Å²) in [6, 6.07) is 0. The first kappa shape index (κ1) is 10.8. The maximum atomic E-state index is 11.2. The number of carbonyl (C=O) groups excluding carboxylic acids is 1. The van der Waals surface area contributed by atoms with E-state index in [4.69, 9.17) is 4.74 Å². The van der Waals surface area contributed by atoms with Gasteiger partial charge in [-0.2, -0.15) is 11.8 Å². The second kappa shape index (κ2) is 4.65. The molecule has 0 aliphatic rings. The number of hydrogen-bond acceptors (Lipinski definition) is 3. The van der Waals surface area contributed by atoms with Gasteiger partial charge in [0.2, 0.25) is 0 Å². The predicted molar refractivity (Wildman–Crippen MR) is 48.8 cm³/mol. The van der Waals surface area contributed by atoms with E-state index in [1.165, 1.54) is 0 Å². The second-order valence-electron chi connectivity index (χ2n) is 3.04. The summed E-state index contributed by atoms with van der Waals surface area (Å²) in [5, 5.41) is 0. The summed E-state index contributed by atoms with van der Waals surface area (Å²) in [6.07, 6.45) is 1.99. The van der Waals surface area contributed by atoms with Crippen LogP contribution in [0.1, 0.15) is 20.8 Å². The zero-order chi connectivity index (χ0) is 8.91. The van der Waals surface area contributed by atoms with Gasteiger partial charge in [-0.3, -0.25) is 4.79 Å². The lowest BCUT2D eigenvalue weighted by molar-refractivity contribution is -0.152. The Labute approximate surface area is 72.7 Å². The third-order valence-electron chi connectivity index (χ3n) is 1.33. The summed E-state index contributed by atoms with van der Waals surface area (Å²) in [4.78, 5) is 11.2. The van der Waals surface area contributed by atoms with Crippen LogP contribution in [0.4, 0.5) is 0 Å². The lowest BCUT2D eigenvalue weighted by Gasteiger charge is -2.20. The predicted octanol–water partition coefficient (Wildman–Crippen LogP) is 1.94. The Morgan fingerprint density at radius 3 is 2.45 bits per heavy atom. The van der Waals surface area contributed by atoms with E-state index >= 15 is 0 Å². The Bertz CT molecular complexity index is 132. The van der Waals surface area contributed by atoms with Crippen molar-refractivity contribution in [3.63, 3.8) is 0 Å². The minimum absolute atomic E-state index is 0.102. The molecule has 0 aromatic rings. The molecule has 0 rings (SSSR count). The van der Waals surface area contributed by atoms with Gasteiger partial charge in [-0.25, -0.2) is 0 Å². The quantitative estimate of drug-likeness (QED) is 0.612. The number of hydrogen-bond donors (Lipinski definition) is 0. The smallest absolute Gasteiger partial charge is 0.312 e. The molecule has 0 aliphatic carbocycles. The lowest BCUT2D eigenvalue weighted by Crippen LogP contribution is -2.28. The fraction of sp³-hybridized carbons (Fsp3) is 0.875. The molecule has 11 heavy (non-hydrogen) atoms. The zero-order valence-corrected chi connectivity index (χ0v) is 8.46. The van der Waals surface area contributed by atoms with E-state index in [1.54, 1.807) is 11.8 Å². The molecule has 2 nitrogen and oxygen atoms in total. The van der Waals surface area contributed by atoms with Crippen molar-refractivity contribution < 1.29 is 9.53 Å². The van der Waals surface area contributed by atoms with Crippen LogP contribution >= 0.6 is 11.8 Å². The number of ether oxygens (including phenoxy) is 1. The molecular formula is C8H16O2S. The Morgan fingerprint density at radius 2 is 2.09 bits per heavy atom. The summed E-state index contributed by atoms with van der Waals surface area (Å²) in [5.74, 6) is 0.709. The van der Waals surface area contributed by atoms with E-state index in [-0.39, 0.29) is 11.4 Å². The molecule has 0 aliphatic heterocycles. The average molecular weight is 176 g/mol. The summed E-state index contributed by atoms with van der Waals surface area (Å²) >= 11 is 1.66. The van der Waals surface area contributed by atoms with Gasteiger partial charge in [0.1, 0.15) is 0 Å². The molecule has 3 heteroatoms. The number of esters is 1. The van der Waals surface area contributed by atoms with Crippen molar-refractivity contribution >= 4 is 17.7 Å². The van der Waals surface area contributed by atoms with Crippen molar-refractivity contribution in [2.24, 2.45) is 5.41 Å². The number of thioether (sulfide) groups is 1. The van der Waals surface area contributed by atoms with E-state index in [0.29, 0.717) is 6.61 Å². The molecule has 0 saturated carbocycles. The van der Waals surface area contributed by atoms with Crippen molar-refractivity contribution in [2.45, 2.75) is 20.8 Å². The molecule has 0 saturated heterocycles. The Balaban J connectivity index is 3.94. The monoisotopic (exact) mass is 176 g/mol. The Hall–Kier alpha value is -0.180. The second-order valence-corrected chi connectivity index (χ2v) is 3.90. The van der Waals surface area contributed by atoms with Gasteiger partial charge in [0.05, 0.1) is 12.0 Å². The molecular weight excluding hydrogens is 160 g/mol. The number of rotatable bonds is 4. The van der Waals surface area contributed by atoms with Crippen molar-refractivity contribution in [3.05, 3.63) is 0 Å². The standard InChI is InChI=1S/C8H16O2S/c1-5-10-7(9)8(2,3)6-11-4/h5-6H2,1-4H3. The summed E-state index contributed by atoms with van der Waals surface area (Å²) in [6.45, 7) is 6.10. The highest BCUT2D eigenvalue weighted by atomic mass is 32.2. The number of carbonyl (C=O) groups is 1. The van der Waals surface area contributed by atoms with E-state index in [1.807, 2.05) is 27.0 Å². The largest absolute Gasteiger partial charge is 0.466 e. The Morgan fingerprint density at radius 1 is 1.55 bits per heavy atom. The lowest BCUT2D eigenvalue weighted by atomic mass is 9.97. The maximum Gasteiger partial charge on any atom is 0.312 e. The van der Waals surface area contributed by atoms with Crippen LogP contribution < -0.4 is 0 Å². The zero-order valence-electron chi connectivity index (χ0n) is 7.64. The van der Waals surface area contributed by atoms with Crippen molar-refractivity contribution in [2.75, 3.05) is 18.6 Å². The molecule has 0 bridgehead atoms. The third-order valence-corrected chi connectivity index (χ3v) is 2.34. The summed E-state index contributed by atoms with van der Waals surface area (Å²) in [5.41, 5.74) is -0.338. The Kier molecular flexibility index (Phi) is 4.57. The third kappa shape index (κ3) is 3.65. The molecule has 0 atom stereocenters. The fourth-order valence-electron chi connectivity index (χ4n) is 0.746. The van der Waals surface area contributed by atoms with Crippen LogP contribution in [-0.2, 0) is 9.53 Å². The first-order valence-electron chi connectivity index (χ1n) is 3.70. The fourth-order valence-corrected chi connectivity index (χ4v) is 1.59. The van der Waals surface area contributed by atoms with E-state index in [2.05, 4.69) is 0 Å². The molecule has 0 amide bonds. The van der Waals surface area contributed by atoms with Crippen LogP contribution in [0.3, 0.4) is 0 Å². The first-order valence-corrected chi connectivity index (χ1v) is 5.10. The van der Waals surface area contributed by atoms with Crippen molar-refractivity contribution in [1.29, 1.82) is 0 Å². The van der Waals surface area contributed by atoms with Crippen LogP contribution in [0, 0.1) is 5.41 Å². The molecule has 0 aromatic heterocycles. The van der Waals surface area contributed by atoms with Gasteiger partial charge in [-0.1, -0.05) is 0 Å². The SMILES string of the molecule is CCOC(=O)C(C)(C)CSC. The molecule has 0 unspecified atom stereocenters. The van der Waals surface area contributed by atoms with E-state index in [9.17, 15) is 4.79 Å². The maximum absolute atomic E-state index is 11.2. The topological polar surface area (TPSA) is 26.3 Å². The molecule has 0 heterocycles. The molecule has 0 radical (unpaired) electrons. The summed E-state index contributed by atoms with van der Waals surface area (Å²) in [7, 11) is 0. The average Bonchev–Trinajstić information content (AvgIpc) is 1.88. The molecule has 0 fully saturated rings. The molecule has 0 N–H and O–H groups in total. The van der Waals surface area contributed by atoms with Crippen LogP contribution in [0.25, 0.3) is 0 Å². The van der Waals surface area contributed by atoms with Crippen LogP contribution in [0.5, 0.6) is 0 Å². The molecule has 0 aromatic carbocycles. The molecule has 0 spiro atoms. The van der Waals surface area contributed by atoms with E-state index in [0.717, 1.165) is 5.75 Å². The van der Waals surface area contributed by atoms with Gasteiger partial charge in [0, 0.05) is 5.75 Å². The first-order chi connectivity index (χ1) is 5.04. The summed E-state index contributed by atoms with van der Waals surface area (Å²) < 4.78 is 4.91. The van der Waals surface area contributed by atoms with Gasteiger partial charge >= 0.3 is 5.97 Å². The van der Waals surface area contributed by atoms with Crippen LogP contribution in [0.2, 0.25) is 0 Å². The van der Waals surface area contributed by atoms with Crippen LogP contribution in [-0.4, -0.2) is 24.6 Å². The van der Waals surface area contributed by atoms with Gasteiger partial charge in [-0.15, -0.1) is 0 Å².